The van der Waals surface area contributed by atoms with Crippen molar-refractivity contribution in [1.29, 1.82) is 0 Å². The molecule has 5 aliphatic rings. The number of aromatic amines is 1. The molecule has 8 heterocycles. The van der Waals surface area contributed by atoms with Crippen LogP contribution in [-0.4, -0.2) is 185 Å². The van der Waals surface area contributed by atoms with E-state index < -0.39 is 11.9 Å². The lowest BCUT2D eigenvalue weighted by Crippen LogP contribution is -2.37. The minimum Gasteiger partial charge on any atom is -0.486 e. The fraction of sp³-hybridized carbons (Fsp3) is 0.467. The van der Waals surface area contributed by atoms with Crippen LogP contribution in [-0.2, 0) is 69.4 Å². The molecule has 27 heteroatoms. The smallest absolute Gasteiger partial charge is 0.433 e. The number of amides is 5. The molecular weight excluding hydrogens is 1880 g/mol. The van der Waals surface area contributed by atoms with Gasteiger partial charge >= 0.3 is 6.18 Å². The van der Waals surface area contributed by atoms with E-state index in [0.717, 1.165) is 121 Å². The summed E-state index contributed by atoms with van der Waals surface area (Å²) in [7, 11) is 6.33. The van der Waals surface area contributed by atoms with Crippen LogP contribution in [0, 0.1) is 6.92 Å². The molecule has 0 radical (unpaired) electrons. The van der Waals surface area contributed by atoms with E-state index in [9.17, 15) is 37.1 Å². The number of H-pyrrole nitrogens is 1. The summed E-state index contributed by atoms with van der Waals surface area (Å²) in [6, 6.07) is 65.9. The number of pyridine rings is 2. The van der Waals surface area contributed by atoms with Crippen LogP contribution < -0.4 is 59.9 Å². The molecule has 2 saturated heterocycles. The largest absolute Gasteiger partial charge is 0.486 e. The Morgan fingerprint density at radius 2 is 0.832 bits per heavy atom. The van der Waals surface area contributed by atoms with Crippen LogP contribution in [0.4, 0.5) is 47.6 Å². The summed E-state index contributed by atoms with van der Waals surface area (Å²) in [4.78, 5) is 83.4. The molecule has 5 aliphatic heterocycles. The zero-order chi connectivity index (χ0) is 107. The van der Waals surface area contributed by atoms with E-state index in [1.165, 1.54) is 76.5 Å². The Labute approximate surface area is 881 Å². The van der Waals surface area contributed by atoms with Crippen LogP contribution in [0.25, 0.3) is 10.9 Å². The van der Waals surface area contributed by atoms with Crippen molar-refractivity contribution in [3.05, 3.63) is 274 Å². The molecule has 8 aromatic carbocycles. The molecule has 3 atom stereocenters. The number of carbonyl (C=O) groups is 5. The molecule has 6 N–H and O–H groups in total. The number of fused-ring (bicyclic) bond motifs is 4. The molecule has 149 heavy (non-hydrogen) atoms. The maximum Gasteiger partial charge on any atom is 0.433 e. The van der Waals surface area contributed by atoms with Crippen LogP contribution in [0.5, 0.6) is 34.5 Å². The predicted octanol–water partition coefficient (Wildman–Crippen LogP) is 25.2. The standard InChI is InChI=1S/C28H38N2O3.C28H40N2O3.C26H36N2O3.C21H21F3N4O2.C19H24N2O/c1-28(2,3)23-10-8-21(9-11-23)22(7-6-16-30-14-4-5-15-30)19-27(31)29-24-12-13-25-26(20-24)33-18-17-32-25;1-20(2)30(6)15-7-8-22(21-9-11-23(12-10-21)28(3,4)5)18-27(31)29-24-13-14-25-26(19-24)33-17-16-32-25;1-26(2,3)21-10-8-19(9-11-21)20(7-6-14-28(4)5)17-25(29)27-22-12-13-23-24(18-22)31-16-15-30-23;22-21(23,24)18-5-1-14(20(27-18)28-9-11-30-12-10-28)2-6-19(29)26-16-3-4-17-15(13-16)7-8-25-17;1-14-6-5-13-20-18(14)21-17(22)12-9-15-7-10-16(11-8-15)19(2,3)4/h8-13,20,22H,4-7,14-19H2,1-3H3,(H,29,31);9-14,19-20,22H,7-8,15-18H2,1-6H3,(H,29,31);8-13,18,20H,6-7,14-17H2,1-5H3,(H,27,29);1,3-5,7-8,13,25H,2,6,9-12H2,(H,26,29);5-8,10-11,13H,9,12H2,1-4H3,(H,20,21,22). The third-order valence-corrected chi connectivity index (χ3v) is 27.6. The number of nitrogens with one attached hydrogen (secondary N) is 6. The van der Waals surface area contributed by atoms with Gasteiger partial charge < -0.3 is 84.3 Å². The third-order valence-electron chi connectivity index (χ3n) is 27.6. The summed E-state index contributed by atoms with van der Waals surface area (Å²) < 4.78 is 78.4. The van der Waals surface area contributed by atoms with Crippen molar-refractivity contribution in [1.82, 2.24) is 29.7 Å². The van der Waals surface area contributed by atoms with Crippen LogP contribution >= 0.6 is 0 Å². The van der Waals surface area contributed by atoms with Gasteiger partial charge in [-0.2, -0.15) is 13.2 Å². The first-order valence-electron chi connectivity index (χ1n) is 53.0. The lowest BCUT2D eigenvalue weighted by atomic mass is 9.84. The van der Waals surface area contributed by atoms with Gasteiger partial charge in [-0.05, 0) is 307 Å². The average Bonchev–Trinajstić information content (AvgIpc) is 0.871. The summed E-state index contributed by atoms with van der Waals surface area (Å²) in [5.74, 6) is 5.62. The van der Waals surface area contributed by atoms with Gasteiger partial charge in [0.2, 0.25) is 29.5 Å². The maximum atomic E-state index is 13.1. The average molecular weight is 2040 g/mol. The molecule has 5 amide bonds. The summed E-state index contributed by atoms with van der Waals surface area (Å²) in [6.07, 6.45) is 10.8. The molecule has 0 bridgehead atoms. The Kier molecular flexibility index (Phi) is 42.1. The highest BCUT2D eigenvalue weighted by molar-refractivity contribution is 5.95. The quantitative estimate of drug-likeness (QED) is 0.0219. The van der Waals surface area contributed by atoms with Crippen molar-refractivity contribution in [3.63, 3.8) is 0 Å². The maximum absolute atomic E-state index is 13.1. The number of nitrogens with zero attached hydrogens (tertiary/aromatic N) is 6. The second-order valence-electron chi connectivity index (χ2n) is 44.2. The van der Waals surface area contributed by atoms with Gasteiger partial charge in [-0.15, -0.1) is 0 Å². The zero-order valence-electron chi connectivity index (χ0n) is 90.9. The van der Waals surface area contributed by atoms with Crippen LogP contribution in [0.15, 0.2) is 213 Å². The van der Waals surface area contributed by atoms with Crippen LogP contribution in [0.2, 0.25) is 0 Å². The van der Waals surface area contributed by atoms with Crippen LogP contribution in [0.1, 0.15) is 259 Å². The van der Waals surface area contributed by atoms with Crippen molar-refractivity contribution in [2.45, 2.75) is 252 Å². The fourth-order valence-corrected chi connectivity index (χ4v) is 18.4. The number of hydrogen-bond donors (Lipinski definition) is 6. The second-order valence-corrected chi connectivity index (χ2v) is 44.2. The van der Waals surface area contributed by atoms with E-state index in [4.69, 9.17) is 33.2 Å². The van der Waals surface area contributed by atoms with Gasteiger partial charge in [-0.1, -0.05) is 192 Å². The highest BCUT2D eigenvalue weighted by Crippen LogP contribution is 2.41. The van der Waals surface area contributed by atoms with Gasteiger partial charge in [-0.25, -0.2) is 9.97 Å². The molecule has 24 nitrogen and oxygen atoms in total. The Hall–Kier alpha value is -12.8. The number of morpholine rings is 1. The van der Waals surface area contributed by atoms with Gasteiger partial charge in [0.1, 0.15) is 57.0 Å². The Balaban J connectivity index is 0.000000166. The van der Waals surface area contributed by atoms with Crippen molar-refractivity contribution in [2.24, 2.45) is 0 Å². The summed E-state index contributed by atoms with van der Waals surface area (Å²) in [6.45, 7) is 43.6. The SMILES string of the molecule is CC(C)(C)c1ccc(C(CCCN2CCCC2)CC(=O)Nc2ccc3c(c2)OCCO3)cc1.CC(C)N(C)CCCC(CC(=O)Nc1ccc2c(c1)OCCO2)c1ccc(C(C)(C)C)cc1.CN(C)CCCC(CC(=O)Nc1ccc2c(c1)OCCO2)c1ccc(C(C)(C)C)cc1.Cc1cccnc1NC(=O)CCc1ccc(C(C)(C)C)cc1.O=C(CCc1ccc(C(F)(F)F)nc1N1CCOCC1)Nc1ccc2[nH]ccc2c1. The number of aromatic nitrogens is 3. The lowest BCUT2D eigenvalue weighted by molar-refractivity contribution is -0.141. The number of benzene rings is 8. The molecule has 3 aromatic heterocycles. The minimum absolute atomic E-state index is 0.00157. The molecule has 2 fully saturated rings. The normalized spacial score (nSPS) is 14.6. The highest BCUT2D eigenvalue weighted by atomic mass is 19.4. The van der Waals surface area contributed by atoms with E-state index in [1.807, 2.05) is 98.0 Å². The van der Waals surface area contributed by atoms with Crippen molar-refractivity contribution >= 4 is 74.8 Å². The second kappa shape index (κ2) is 54.6. The van der Waals surface area contributed by atoms with E-state index in [2.05, 4.69) is 271 Å². The number of anilines is 6. The summed E-state index contributed by atoms with van der Waals surface area (Å²) in [5.41, 5.74) is 15.2. The lowest BCUT2D eigenvalue weighted by Gasteiger charge is -2.30. The molecule has 11 aromatic rings. The van der Waals surface area contributed by atoms with Gasteiger partial charge in [-0.3, -0.25) is 24.0 Å². The molecule has 3 unspecified atom stereocenters. The van der Waals surface area contributed by atoms with E-state index in [-0.39, 0.29) is 87.6 Å². The Morgan fingerprint density at radius 1 is 0.430 bits per heavy atom. The van der Waals surface area contributed by atoms with Gasteiger partial charge in [0.05, 0.1) is 13.2 Å². The van der Waals surface area contributed by atoms with Crippen molar-refractivity contribution in [3.8, 4) is 34.5 Å². The summed E-state index contributed by atoms with van der Waals surface area (Å²) in [5, 5.41) is 15.9. The number of alkyl halides is 3. The number of halogens is 3. The van der Waals surface area contributed by atoms with Gasteiger partial charge in [0, 0.05) is 115 Å². The first-order valence-corrected chi connectivity index (χ1v) is 53.0. The Morgan fingerprint density at radius 3 is 1.26 bits per heavy atom. The number of rotatable bonds is 34. The van der Waals surface area contributed by atoms with Crippen LogP contribution in [0.3, 0.4) is 0 Å². The van der Waals surface area contributed by atoms with Gasteiger partial charge in [0.15, 0.2) is 34.5 Å². The molecular formula is C122H159F3N12O12. The number of carbonyl (C=O) groups excluding carboxylic acids is 5. The molecule has 0 spiro atoms. The van der Waals surface area contributed by atoms with E-state index in [1.54, 1.807) is 17.2 Å². The van der Waals surface area contributed by atoms with Crippen molar-refractivity contribution in [2.75, 3.05) is 151 Å². The number of hydrogen-bond acceptors (Lipinski definition) is 18. The Bertz CT molecular complexity index is 5970. The number of ether oxygens (including phenoxy) is 7. The molecule has 0 aliphatic carbocycles. The fourth-order valence-electron chi connectivity index (χ4n) is 18.4. The minimum atomic E-state index is -4.52. The van der Waals surface area contributed by atoms with Gasteiger partial charge in [0.25, 0.3) is 0 Å². The summed E-state index contributed by atoms with van der Waals surface area (Å²) >= 11 is 0. The predicted molar refractivity (Wildman–Crippen MR) is 594 cm³/mol. The highest BCUT2D eigenvalue weighted by Gasteiger charge is 2.35. The molecule has 0 saturated carbocycles. The van der Waals surface area contributed by atoms with E-state index >= 15 is 0 Å². The molecule has 16 rings (SSSR count). The number of aryl methyl sites for hydroxylation is 3. The topological polar surface area (TPSA) is 265 Å². The molecule has 800 valence electrons. The van der Waals surface area contributed by atoms with Crippen molar-refractivity contribution < 1.29 is 70.3 Å². The number of likely N-dealkylation sites (tertiary alicyclic amines) is 1. The third kappa shape index (κ3) is 36.8. The zero-order valence-corrected chi connectivity index (χ0v) is 90.9. The monoisotopic (exact) mass is 2040 g/mol. The first kappa shape index (κ1) is 115. The first-order chi connectivity index (χ1) is 71.0. The van der Waals surface area contributed by atoms with E-state index in [0.29, 0.717) is 132 Å².